The maximum absolute atomic E-state index is 15.2. The molecule has 3 N–H and O–H groups in total. The predicted octanol–water partition coefficient (Wildman–Crippen LogP) is 6.90. The maximum Gasteiger partial charge on any atom is 0.290 e. The highest BCUT2D eigenvalue weighted by molar-refractivity contribution is 7.92. The van der Waals surface area contributed by atoms with E-state index < -0.39 is 81.8 Å². The molecule has 1 aliphatic carbocycles. The number of carbonyl (C=O) groups excluding carboxylic acids is 1. The molecule has 12 nitrogen and oxygen atoms in total. The fourth-order valence-electron chi connectivity index (χ4n) is 7.07. The summed E-state index contributed by atoms with van der Waals surface area (Å²) in [5.74, 6) is -2.18. The molecule has 20 heteroatoms. The number of anilines is 1. The third-order valence-corrected chi connectivity index (χ3v) is 10.1. The predicted molar refractivity (Wildman–Crippen MR) is 202 cm³/mol. The second-order valence-electron chi connectivity index (χ2n) is 14.5. The zero-order valence-electron chi connectivity index (χ0n) is 31.7. The second kappa shape index (κ2) is 15.5. The number of aryl methyl sites for hydroxylation is 1. The van der Waals surface area contributed by atoms with Gasteiger partial charge < -0.3 is 15.2 Å². The summed E-state index contributed by atoms with van der Waals surface area (Å²) in [5.41, 5.74) is -2.96. The van der Waals surface area contributed by atoms with Crippen LogP contribution in [0.5, 0.6) is 5.75 Å². The molecule has 3 aromatic heterocycles. The van der Waals surface area contributed by atoms with E-state index in [1.165, 1.54) is 51.7 Å². The van der Waals surface area contributed by atoms with Crippen LogP contribution in [0.25, 0.3) is 22.0 Å². The van der Waals surface area contributed by atoms with Crippen LogP contribution in [0.2, 0.25) is 5.02 Å². The van der Waals surface area contributed by atoms with Gasteiger partial charge in [0.25, 0.3) is 12.3 Å². The number of benzene rings is 2. The highest BCUT2D eigenvalue weighted by Gasteiger charge is 2.50. The molecular formula is C38H36ClF6N7O5S. The minimum Gasteiger partial charge on any atom is -0.494 e. The van der Waals surface area contributed by atoms with Crippen molar-refractivity contribution in [1.29, 1.82) is 0 Å². The Bertz CT molecular complexity index is 2610. The molecule has 0 bridgehead atoms. The number of hydrogen-bond donors (Lipinski definition) is 3. The molecule has 2 unspecified atom stereocenters. The maximum atomic E-state index is 15.2. The Balaban J connectivity index is 1.59. The zero-order valence-corrected chi connectivity index (χ0v) is 33.3. The summed E-state index contributed by atoms with van der Waals surface area (Å²) < 4.78 is 122. The van der Waals surface area contributed by atoms with E-state index in [-0.39, 0.29) is 67.6 Å². The quantitative estimate of drug-likeness (QED) is 0.0959. The van der Waals surface area contributed by atoms with Crippen LogP contribution in [0, 0.1) is 23.5 Å². The van der Waals surface area contributed by atoms with E-state index in [0.29, 0.717) is 10.7 Å². The van der Waals surface area contributed by atoms with Gasteiger partial charge in [-0.25, -0.2) is 31.0 Å². The van der Waals surface area contributed by atoms with Crippen LogP contribution in [-0.4, -0.2) is 62.9 Å². The van der Waals surface area contributed by atoms with Crippen molar-refractivity contribution in [1.82, 2.24) is 29.9 Å². The lowest BCUT2D eigenvalue weighted by atomic mass is 9.93. The molecule has 0 saturated carbocycles. The van der Waals surface area contributed by atoms with Gasteiger partial charge in [0.1, 0.15) is 35.2 Å². The number of hydrogen-bond acceptors (Lipinski definition) is 8. The van der Waals surface area contributed by atoms with E-state index in [1.807, 2.05) is 0 Å². The lowest BCUT2D eigenvalue weighted by Gasteiger charge is -2.24. The lowest BCUT2D eigenvalue weighted by molar-refractivity contribution is -0.122. The molecule has 5 aromatic rings. The number of nitrogens with one attached hydrogen (secondary N) is 2. The minimum atomic E-state index is -3.86. The molecule has 0 spiro atoms. The number of halogens is 7. The smallest absolute Gasteiger partial charge is 0.290 e. The number of methoxy groups -OCH3 is 1. The van der Waals surface area contributed by atoms with Gasteiger partial charge in [0.15, 0.2) is 17.3 Å². The van der Waals surface area contributed by atoms with Gasteiger partial charge in [-0.3, -0.25) is 18.9 Å². The number of aromatic nitrogens is 5. The van der Waals surface area contributed by atoms with Crippen LogP contribution in [-0.2, 0) is 40.8 Å². The number of amides is 1. The molecule has 0 aliphatic heterocycles. The number of pyridine rings is 1. The van der Waals surface area contributed by atoms with Gasteiger partial charge >= 0.3 is 0 Å². The summed E-state index contributed by atoms with van der Waals surface area (Å²) in [5, 5.41) is 21.4. The van der Waals surface area contributed by atoms with E-state index in [2.05, 4.69) is 32.1 Å². The molecule has 2 atom stereocenters. The van der Waals surface area contributed by atoms with Gasteiger partial charge in [-0.2, -0.15) is 19.0 Å². The van der Waals surface area contributed by atoms with Gasteiger partial charge in [0, 0.05) is 36.2 Å². The Hall–Kier alpha value is -5.32. The Labute approximate surface area is 333 Å². The number of nitrogens with zero attached hydrogens (tertiary/aromatic N) is 5. The van der Waals surface area contributed by atoms with Gasteiger partial charge in [-0.15, -0.1) is 0 Å². The molecule has 0 saturated heterocycles. The average molecular weight is 852 g/mol. The fraction of sp³-hybridized carbons (Fsp3) is 0.368. The van der Waals surface area contributed by atoms with Gasteiger partial charge in [0.2, 0.25) is 15.9 Å². The van der Waals surface area contributed by atoms with Crippen molar-refractivity contribution in [3.8, 4) is 28.7 Å². The Morgan fingerprint density at radius 2 is 1.79 bits per heavy atom. The van der Waals surface area contributed by atoms with Gasteiger partial charge in [0.05, 0.1) is 41.0 Å². The molecular weight excluding hydrogens is 816 g/mol. The molecule has 0 radical (unpaired) electrons. The summed E-state index contributed by atoms with van der Waals surface area (Å²) in [4.78, 5) is 18.7. The number of alkyl halides is 4. The Morgan fingerprint density at radius 1 is 1.12 bits per heavy atom. The molecule has 2 aromatic carbocycles. The number of ether oxygens (including phenoxy) is 1. The first-order valence-corrected chi connectivity index (χ1v) is 19.7. The molecule has 308 valence electrons. The first-order valence-electron chi connectivity index (χ1n) is 17.5. The lowest BCUT2D eigenvalue weighted by Crippen LogP contribution is -2.35. The van der Waals surface area contributed by atoms with Crippen molar-refractivity contribution >= 4 is 44.3 Å². The van der Waals surface area contributed by atoms with Crippen molar-refractivity contribution in [2.24, 2.45) is 7.05 Å². The molecule has 1 amide bonds. The largest absolute Gasteiger partial charge is 0.494 e. The van der Waals surface area contributed by atoms with Crippen molar-refractivity contribution in [2.45, 2.75) is 70.1 Å². The number of sulfonamides is 1. The van der Waals surface area contributed by atoms with E-state index in [9.17, 15) is 35.9 Å². The van der Waals surface area contributed by atoms with Crippen molar-refractivity contribution < 1.29 is 49.4 Å². The van der Waals surface area contributed by atoms with Crippen LogP contribution >= 0.6 is 11.6 Å². The SMILES string of the molecule is COc1cc(-c2ccc(Cl)c3c(NS(C)(=O)=O)nn(C)c23)c(C(Cc2cc(F)cc(F)c2)NC(=O)Cn2nc(C(F)F)c3c2C(F)(F)CC3C)nc1C#CC(C)(C)O. The average Bonchev–Trinajstić information content (AvgIpc) is 3.71. The van der Waals surface area contributed by atoms with Crippen molar-refractivity contribution in [3.05, 3.63) is 87.0 Å². The van der Waals surface area contributed by atoms with Crippen molar-refractivity contribution in [3.63, 3.8) is 0 Å². The van der Waals surface area contributed by atoms with Crippen LogP contribution in [0.4, 0.5) is 32.2 Å². The molecule has 1 aliphatic rings. The fourth-order valence-corrected chi connectivity index (χ4v) is 7.81. The number of fused-ring (bicyclic) bond motifs is 2. The third kappa shape index (κ3) is 8.73. The van der Waals surface area contributed by atoms with Gasteiger partial charge in [-0.1, -0.05) is 30.5 Å². The summed E-state index contributed by atoms with van der Waals surface area (Å²) in [6.07, 6.45) is -3.45. The van der Waals surface area contributed by atoms with Crippen molar-refractivity contribution in [2.75, 3.05) is 18.1 Å². The standard InChI is InChI=1S/C38H36ClF6N7O5S/c1-18-16-38(44,45)34-29(18)32(35(42)43)48-52(34)17-28(53)46-26(13-19-11-20(40)14-21(41)12-19)31-23(15-27(57-5)25(47-31)9-10-37(2,3)54)22-7-8-24(39)30-33(22)51(4)49-36(30)50-58(6,55)56/h7-8,11-12,14-15,18,26,35,54H,13,16-17H2,1-6H3,(H,46,53)(H,49,50). The highest BCUT2D eigenvalue weighted by Crippen LogP contribution is 2.51. The number of carbonyl (C=O) groups is 1. The minimum absolute atomic E-state index is 0.0113. The zero-order chi connectivity index (χ0) is 42.6. The number of aliphatic hydroxyl groups is 1. The first kappa shape index (κ1) is 42.3. The topological polar surface area (TPSA) is 153 Å². The van der Waals surface area contributed by atoms with E-state index >= 15 is 8.78 Å². The summed E-state index contributed by atoms with van der Waals surface area (Å²) >= 11 is 6.60. The summed E-state index contributed by atoms with van der Waals surface area (Å²) in [6, 6.07) is 5.71. The molecule has 58 heavy (non-hydrogen) atoms. The third-order valence-electron chi connectivity index (χ3n) is 9.18. The van der Waals surface area contributed by atoms with Gasteiger partial charge in [-0.05, 0) is 61.9 Å². The summed E-state index contributed by atoms with van der Waals surface area (Å²) in [7, 11) is -1.04. The highest BCUT2D eigenvalue weighted by atomic mass is 35.5. The summed E-state index contributed by atoms with van der Waals surface area (Å²) in [6.45, 7) is 3.22. The first-order chi connectivity index (χ1) is 27.0. The Kier molecular flexibility index (Phi) is 11.3. The van der Waals surface area contributed by atoms with Crippen LogP contribution in [0.15, 0.2) is 36.4 Å². The normalized spacial score (nSPS) is 15.6. The van der Waals surface area contributed by atoms with Crippen LogP contribution < -0.4 is 14.8 Å². The molecule has 6 rings (SSSR count). The van der Waals surface area contributed by atoms with E-state index in [4.69, 9.17) is 21.3 Å². The monoisotopic (exact) mass is 851 g/mol. The van der Waals surface area contributed by atoms with Crippen LogP contribution in [0.1, 0.15) is 79.5 Å². The van der Waals surface area contributed by atoms with E-state index in [1.54, 1.807) is 6.07 Å². The molecule has 0 fully saturated rings. The Morgan fingerprint density at radius 3 is 2.40 bits per heavy atom. The number of rotatable bonds is 11. The van der Waals surface area contributed by atoms with Crippen LogP contribution in [0.3, 0.4) is 0 Å². The molecule has 3 heterocycles. The second-order valence-corrected chi connectivity index (χ2v) is 16.6. The van der Waals surface area contributed by atoms with E-state index in [0.717, 1.165) is 18.4 Å².